The van der Waals surface area contributed by atoms with Gasteiger partial charge in [-0.25, -0.2) is 0 Å². The molecule has 88 valence electrons. The molecule has 0 bridgehead atoms. The number of hydrogen-bond donors (Lipinski definition) is 3. The van der Waals surface area contributed by atoms with Crippen LogP contribution in [0, 0.1) is 6.92 Å². The topological polar surface area (TPSA) is 66.5 Å². The molecule has 3 nitrogen and oxygen atoms in total. The van der Waals surface area contributed by atoms with Crippen LogP contribution in [0.4, 0.5) is 0 Å². The first-order valence-corrected chi connectivity index (χ1v) is 5.82. The van der Waals surface area contributed by atoms with Crippen molar-refractivity contribution in [3.8, 4) is 11.5 Å². The molecule has 0 amide bonds. The fourth-order valence-corrected chi connectivity index (χ4v) is 2.74. The van der Waals surface area contributed by atoms with E-state index >= 15 is 0 Å². The van der Waals surface area contributed by atoms with Crippen LogP contribution in [0.15, 0.2) is 12.1 Å². The van der Waals surface area contributed by atoms with Crippen LogP contribution in [0.5, 0.6) is 11.5 Å². The molecule has 0 radical (unpaired) electrons. The van der Waals surface area contributed by atoms with E-state index in [1.54, 1.807) is 19.1 Å². The minimum atomic E-state index is -0.130. The van der Waals surface area contributed by atoms with E-state index in [4.69, 9.17) is 5.73 Å². The van der Waals surface area contributed by atoms with Gasteiger partial charge in [0.1, 0.15) is 11.5 Å². The van der Waals surface area contributed by atoms with Gasteiger partial charge in [-0.3, -0.25) is 0 Å². The van der Waals surface area contributed by atoms with Crippen molar-refractivity contribution in [2.45, 2.75) is 38.0 Å². The molecule has 2 rings (SSSR count). The molecule has 0 saturated heterocycles. The van der Waals surface area contributed by atoms with Crippen molar-refractivity contribution in [1.82, 2.24) is 0 Å². The molecular formula is C13H19NO2. The Morgan fingerprint density at radius 2 is 1.81 bits per heavy atom. The van der Waals surface area contributed by atoms with Crippen LogP contribution in [0.25, 0.3) is 0 Å². The SMILES string of the molecule is Cc1cc(O)c(C2(CN)CCCC2)cc1O. The average Bonchev–Trinajstić information content (AvgIpc) is 2.73. The van der Waals surface area contributed by atoms with Crippen LogP contribution in [-0.4, -0.2) is 16.8 Å². The zero-order valence-electron chi connectivity index (χ0n) is 9.66. The first kappa shape index (κ1) is 11.3. The van der Waals surface area contributed by atoms with Crippen molar-refractivity contribution in [2.24, 2.45) is 5.73 Å². The lowest BCUT2D eigenvalue weighted by Crippen LogP contribution is -2.32. The summed E-state index contributed by atoms with van der Waals surface area (Å²) in [6.45, 7) is 2.31. The molecule has 1 aromatic rings. The fourth-order valence-electron chi connectivity index (χ4n) is 2.74. The largest absolute Gasteiger partial charge is 0.508 e. The van der Waals surface area contributed by atoms with Crippen molar-refractivity contribution in [2.75, 3.05) is 6.54 Å². The molecule has 1 aliphatic rings. The van der Waals surface area contributed by atoms with E-state index in [9.17, 15) is 10.2 Å². The maximum absolute atomic E-state index is 10.0. The van der Waals surface area contributed by atoms with Crippen LogP contribution in [0.2, 0.25) is 0 Å². The molecule has 0 aromatic heterocycles. The minimum absolute atomic E-state index is 0.130. The molecule has 3 heteroatoms. The van der Waals surface area contributed by atoms with Gasteiger partial charge < -0.3 is 15.9 Å². The van der Waals surface area contributed by atoms with Crippen molar-refractivity contribution in [3.05, 3.63) is 23.3 Å². The lowest BCUT2D eigenvalue weighted by Gasteiger charge is -2.29. The second-order valence-corrected chi connectivity index (χ2v) is 4.85. The summed E-state index contributed by atoms with van der Waals surface area (Å²) in [7, 11) is 0. The Kier molecular flexibility index (Phi) is 2.80. The minimum Gasteiger partial charge on any atom is -0.508 e. The Morgan fingerprint density at radius 3 is 2.38 bits per heavy atom. The normalized spacial score (nSPS) is 18.9. The molecule has 0 atom stereocenters. The van der Waals surface area contributed by atoms with Gasteiger partial charge in [0, 0.05) is 17.5 Å². The monoisotopic (exact) mass is 221 g/mol. The van der Waals surface area contributed by atoms with Gasteiger partial charge in [0.05, 0.1) is 0 Å². The third kappa shape index (κ3) is 1.65. The summed E-state index contributed by atoms with van der Waals surface area (Å²) in [5.74, 6) is 0.509. The van der Waals surface area contributed by atoms with Crippen molar-refractivity contribution >= 4 is 0 Å². The standard InChI is InChI=1S/C13H19NO2/c1-9-6-12(16)10(7-11(9)15)13(8-14)4-2-3-5-13/h6-7,15-16H,2-5,8,14H2,1H3. The van der Waals surface area contributed by atoms with E-state index in [1.165, 1.54) is 0 Å². The van der Waals surface area contributed by atoms with Gasteiger partial charge in [0.15, 0.2) is 0 Å². The third-order valence-corrected chi connectivity index (χ3v) is 3.84. The second-order valence-electron chi connectivity index (χ2n) is 4.85. The Labute approximate surface area is 95.9 Å². The maximum atomic E-state index is 10.0. The number of nitrogens with two attached hydrogens (primary N) is 1. The van der Waals surface area contributed by atoms with E-state index in [-0.39, 0.29) is 16.9 Å². The van der Waals surface area contributed by atoms with Crippen LogP contribution in [-0.2, 0) is 5.41 Å². The van der Waals surface area contributed by atoms with Crippen LogP contribution < -0.4 is 5.73 Å². The van der Waals surface area contributed by atoms with E-state index in [0.29, 0.717) is 12.1 Å². The van der Waals surface area contributed by atoms with Gasteiger partial charge in [-0.05, 0) is 37.5 Å². The Bertz CT molecular complexity index is 395. The van der Waals surface area contributed by atoms with Crippen molar-refractivity contribution in [3.63, 3.8) is 0 Å². The molecule has 0 aliphatic heterocycles. The van der Waals surface area contributed by atoms with Crippen molar-refractivity contribution < 1.29 is 10.2 Å². The van der Waals surface area contributed by atoms with Gasteiger partial charge in [-0.1, -0.05) is 12.8 Å². The first-order chi connectivity index (χ1) is 7.59. The van der Waals surface area contributed by atoms with Crippen LogP contribution >= 0.6 is 0 Å². The lowest BCUT2D eigenvalue weighted by molar-refractivity contribution is 0.398. The predicted octanol–water partition coefficient (Wildman–Crippen LogP) is 2.18. The maximum Gasteiger partial charge on any atom is 0.119 e. The number of aromatic hydroxyl groups is 2. The highest BCUT2D eigenvalue weighted by atomic mass is 16.3. The highest BCUT2D eigenvalue weighted by molar-refractivity contribution is 5.48. The summed E-state index contributed by atoms with van der Waals surface area (Å²) in [4.78, 5) is 0. The summed E-state index contributed by atoms with van der Waals surface area (Å²) in [5.41, 5.74) is 7.25. The first-order valence-electron chi connectivity index (χ1n) is 5.82. The van der Waals surface area contributed by atoms with Gasteiger partial charge in [0.2, 0.25) is 0 Å². The molecule has 1 fully saturated rings. The molecule has 4 N–H and O–H groups in total. The number of phenolic OH excluding ortho intramolecular Hbond substituents is 2. The fraction of sp³-hybridized carbons (Fsp3) is 0.538. The van der Waals surface area contributed by atoms with E-state index in [0.717, 1.165) is 31.2 Å². The average molecular weight is 221 g/mol. The highest BCUT2D eigenvalue weighted by Gasteiger charge is 2.36. The molecule has 1 saturated carbocycles. The molecule has 0 spiro atoms. The number of benzene rings is 1. The van der Waals surface area contributed by atoms with Gasteiger partial charge in [-0.15, -0.1) is 0 Å². The number of phenols is 2. The molecule has 16 heavy (non-hydrogen) atoms. The summed E-state index contributed by atoms with van der Waals surface area (Å²) < 4.78 is 0. The zero-order chi connectivity index (χ0) is 11.8. The Morgan fingerprint density at radius 1 is 1.19 bits per heavy atom. The highest BCUT2D eigenvalue weighted by Crippen LogP contribution is 2.45. The van der Waals surface area contributed by atoms with Gasteiger partial charge >= 0.3 is 0 Å². The van der Waals surface area contributed by atoms with Crippen LogP contribution in [0.3, 0.4) is 0 Å². The molecular weight excluding hydrogens is 202 g/mol. The quantitative estimate of drug-likeness (QED) is 0.670. The summed E-state index contributed by atoms with van der Waals surface area (Å²) in [6, 6.07) is 3.31. The predicted molar refractivity (Wildman–Crippen MR) is 63.7 cm³/mol. The second kappa shape index (κ2) is 3.98. The van der Waals surface area contributed by atoms with E-state index in [2.05, 4.69) is 0 Å². The molecule has 1 aliphatic carbocycles. The summed E-state index contributed by atoms with van der Waals surface area (Å²) in [5, 5.41) is 19.7. The van der Waals surface area contributed by atoms with Crippen LogP contribution in [0.1, 0.15) is 36.8 Å². The van der Waals surface area contributed by atoms with Gasteiger partial charge in [-0.2, -0.15) is 0 Å². The van der Waals surface area contributed by atoms with Crippen molar-refractivity contribution in [1.29, 1.82) is 0 Å². The molecule has 0 heterocycles. The number of hydrogen-bond acceptors (Lipinski definition) is 3. The molecule has 1 aromatic carbocycles. The lowest BCUT2D eigenvalue weighted by atomic mass is 9.78. The molecule has 0 unspecified atom stereocenters. The number of rotatable bonds is 2. The smallest absolute Gasteiger partial charge is 0.119 e. The van der Waals surface area contributed by atoms with E-state index in [1.807, 2.05) is 0 Å². The Hall–Kier alpha value is -1.22. The Balaban J connectivity index is 2.50. The zero-order valence-corrected chi connectivity index (χ0v) is 9.66. The summed E-state index contributed by atoms with van der Waals surface area (Å²) >= 11 is 0. The number of aryl methyl sites for hydroxylation is 1. The van der Waals surface area contributed by atoms with E-state index < -0.39 is 0 Å². The third-order valence-electron chi connectivity index (χ3n) is 3.84. The van der Waals surface area contributed by atoms with Gasteiger partial charge in [0.25, 0.3) is 0 Å². The summed E-state index contributed by atoms with van der Waals surface area (Å²) in [6.07, 6.45) is 4.29.